The summed E-state index contributed by atoms with van der Waals surface area (Å²) in [6, 6.07) is 3.86. The minimum atomic E-state index is 0.0478. The van der Waals surface area contributed by atoms with Crippen LogP contribution < -0.4 is 0 Å². The highest BCUT2D eigenvalue weighted by atomic mass is 35.5. The number of nitrogens with zero attached hydrogens (tertiary/aromatic N) is 3. The van der Waals surface area contributed by atoms with E-state index in [1.54, 1.807) is 31.3 Å². The van der Waals surface area contributed by atoms with Crippen molar-refractivity contribution in [1.82, 2.24) is 19.8 Å². The Morgan fingerprint density at radius 1 is 1.48 bits per heavy atom. The van der Waals surface area contributed by atoms with E-state index in [0.29, 0.717) is 11.6 Å². The summed E-state index contributed by atoms with van der Waals surface area (Å²) in [5.41, 5.74) is 3.03. The number of amides is 2. The molecule has 6 heteroatoms. The summed E-state index contributed by atoms with van der Waals surface area (Å²) in [6.45, 7) is 1.35. The van der Waals surface area contributed by atoms with Crippen LogP contribution in [0.3, 0.4) is 0 Å². The molecule has 2 aromatic heterocycles. The Bertz CT molecular complexity index is 720. The van der Waals surface area contributed by atoms with Gasteiger partial charge >= 0.3 is 6.03 Å². The first-order chi connectivity index (χ1) is 10.1. The van der Waals surface area contributed by atoms with Crippen molar-refractivity contribution in [2.24, 2.45) is 0 Å². The molecule has 0 radical (unpaired) electrons. The third-order valence-electron chi connectivity index (χ3n) is 3.69. The van der Waals surface area contributed by atoms with E-state index in [1.807, 2.05) is 11.0 Å². The van der Waals surface area contributed by atoms with Gasteiger partial charge in [-0.05, 0) is 24.1 Å². The fourth-order valence-corrected chi connectivity index (χ4v) is 2.74. The number of urea groups is 1. The number of H-pyrrole nitrogens is 1. The molecule has 1 aliphatic heterocycles. The second-order valence-corrected chi connectivity index (χ2v) is 5.75. The Kier molecular flexibility index (Phi) is 3.59. The Hall–Kier alpha value is -2.01. The second-order valence-electron chi connectivity index (χ2n) is 5.34. The lowest BCUT2D eigenvalue weighted by molar-refractivity contribution is 0.176. The average Bonchev–Trinajstić information content (AvgIpc) is 2.92. The third-order valence-corrected chi connectivity index (χ3v) is 4.02. The normalized spacial score (nSPS) is 15.2. The minimum Gasteiger partial charge on any atom is -0.339 e. The largest absolute Gasteiger partial charge is 0.339 e. The number of halogens is 1. The summed E-state index contributed by atoms with van der Waals surface area (Å²) in [6.07, 6.45) is 4.60. The van der Waals surface area contributed by atoms with Crippen LogP contribution in [0.15, 0.2) is 24.4 Å². The molecule has 0 atom stereocenters. The highest BCUT2D eigenvalue weighted by Crippen LogP contribution is 2.28. The molecule has 110 valence electrons. The van der Waals surface area contributed by atoms with Crippen LogP contribution in [0.1, 0.15) is 12.1 Å². The van der Waals surface area contributed by atoms with Crippen molar-refractivity contribution >= 4 is 34.2 Å². The van der Waals surface area contributed by atoms with E-state index in [9.17, 15) is 4.79 Å². The second kappa shape index (κ2) is 5.41. The Morgan fingerprint density at radius 2 is 2.29 bits per heavy atom. The van der Waals surface area contributed by atoms with Crippen molar-refractivity contribution in [2.45, 2.75) is 6.42 Å². The van der Waals surface area contributed by atoms with Crippen molar-refractivity contribution in [3.05, 3.63) is 35.1 Å². The van der Waals surface area contributed by atoms with Gasteiger partial charge in [0.25, 0.3) is 0 Å². The highest BCUT2D eigenvalue weighted by Gasteiger charge is 2.20. The number of carbonyl (C=O) groups excluding carboxylic acids is 1. The predicted molar refractivity (Wildman–Crippen MR) is 84.4 cm³/mol. The molecule has 0 bridgehead atoms. The fraction of sp³-hybridized carbons (Fsp3) is 0.333. The zero-order valence-electron chi connectivity index (χ0n) is 12.1. The third kappa shape index (κ3) is 2.61. The lowest BCUT2D eigenvalue weighted by atomic mass is 10.1. The fourth-order valence-electron chi connectivity index (χ4n) is 2.54. The predicted octanol–water partition coefficient (Wildman–Crippen LogP) is 2.99. The van der Waals surface area contributed by atoms with Crippen LogP contribution in [0.25, 0.3) is 16.6 Å². The SMILES string of the molecule is CN(C)C(=O)N1CC=C(c2cc3c(Cl)ccnc3[nH]2)CC1. The molecule has 3 heterocycles. The summed E-state index contributed by atoms with van der Waals surface area (Å²) < 4.78 is 0. The summed E-state index contributed by atoms with van der Waals surface area (Å²) in [7, 11) is 3.54. The van der Waals surface area contributed by atoms with Crippen molar-refractivity contribution in [3.63, 3.8) is 0 Å². The number of pyridine rings is 1. The molecule has 0 aromatic carbocycles. The van der Waals surface area contributed by atoms with Crippen molar-refractivity contribution in [3.8, 4) is 0 Å². The van der Waals surface area contributed by atoms with Crippen LogP contribution in [0.5, 0.6) is 0 Å². The number of fused-ring (bicyclic) bond motifs is 1. The smallest absolute Gasteiger partial charge is 0.319 e. The number of nitrogens with one attached hydrogen (secondary N) is 1. The number of hydrogen-bond acceptors (Lipinski definition) is 2. The van der Waals surface area contributed by atoms with E-state index in [-0.39, 0.29) is 6.03 Å². The van der Waals surface area contributed by atoms with Gasteiger partial charge in [0, 0.05) is 44.5 Å². The van der Waals surface area contributed by atoms with Gasteiger partial charge in [-0.3, -0.25) is 0 Å². The van der Waals surface area contributed by atoms with Crippen LogP contribution in [-0.4, -0.2) is 53.0 Å². The van der Waals surface area contributed by atoms with Gasteiger partial charge in [0.05, 0.1) is 5.02 Å². The van der Waals surface area contributed by atoms with E-state index >= 15 is 0 Å². The molecule has 2 amide bonds. The van der Waals surface area contributed by atoms with Gasteiger partial charge in [-0.15, -0.1) is 0 Å². The average molecular weight is 305 g/mol. The molecule has 5 nitrogen and oxygen atoms in total. The van der Waals surface area contributed by atoms with Gasteiger partial charge in [-0.2, -0.15) is 0 Å². The molecule has 0 spiro atoms. The first-order valence-corrected chi connectivity index (χ1v) is 7.23. The van der Waals surface area contributed by atoms with Crippen LogP contribution in [0, 0.1) is 0 Å². The molecular weight excluding hydrogens is 288 g/mol. The molecule has 21 heavy (non-hydrogen) atoms. The standard InChI is InChI=1S/C15H17ClN4O/c1-19(2)15(21)20-7-4-10(5-8-20)13-9-11-12(16)3-6-17-14(11)18-13/h3-4,6,9H,5,7-8H2,1-2H3,(H,17,18). The van der Waals surface area contributed by atoms with E-state index in [0.717, 1.165) is 29.7 Å². The summed E-state index contributed by atoms with van der Waals surface area (Å²) >= 11 is 6.17. The monoisotopic (exact) mass is 304 g/mol. The molecule has 0 unspecified atom stereocenters. The Labute approximate surface area is 128 Å². The van der Waals surface area contributed by atoms with Crippen LogP contribution >= 0.6 is 11.6 Å². The maximum absolute atomic E-state index is 11.9. The number of aromatic amines is 1. The first kappa shape index (κ1) is 13.9. The quantitative estimate of drug-likeness (QED) is 0.880. The van der Waals surface area contributed by atoms with E-state index in [4.69, 9.17) is 11.6 Å². The molecule has 0 fully saturated rings. The number of hydrogen-bond donors (Lipinski definition) is 1. The maximum Gasteiger partial charge on any atom is 0.319 e. The van der Waals surface area contributed by atoms with Gasteiger partial charge in [-0.25, -0.2) is 9.78 Å². The zero-order chi connectivity index (χ0) is 15.0. The number of aromatic nitrogens is 2. The molecule has 1 N–H and O–H groups in total. The van der Waals surface area contributed by atoms with Gasteiger partial charge in [0.2, 0.25) is 0 Å². The van der Waals surface area contributed by atoms with E-state index in [1.165, 1.54) is 5.57 Å². The summed E-state index contributed by atoms with van der Waals surface area (Å²) in [4.78, 5) is 22.9. The minimum absolute atomic E-state index is 0.0478. The molecular formula is C15H17ClN4O. The van der Waals surface area contributed by atoms with E-state index in [2.05, 4.69) is 16.0 Å². The Morgan fingerprint density at radius 3 is 2.90 bits per heavy atom. The summed E-state index contributed by atoms with van der Waals surface area (Å²) in [5.74, 6) is 0. The molecule has 1 aliphatic rings. The molecule has 0 saturated carbocycles. The van der Waals surface area contributed by atoms with E-state index < -0.39 is 0 Å². The Balaban J connectivity index is 1.84. The van der Waals surface area contributed by atoms with Crippen molar-refractivity contribution in [2.75, 3.05) is 27.2 Å². The van der Waals surface area contributed by atoms with Gasteiger partial charge in [0.1, 0.15) is 5.65 Å². The van der Waals surface area contributed by atoms with Crippen molar-refractivity contribution in [1.29, 1.82) is 0 Å². The lowest BCUT2D eigenvalue weighted by Crippen LogP contribution is -2.41. The lowest BCUT2D eigenvalue weighted by Gasteiger charge is -2.28. The molecule has 0 saturated heterocycles. The van der Waals surface area contributed by atoms with Crippen LogP contribution in [0.2, 0.25) is 5.02 Å². The molecule has 2 aromatic rings. The number of carbonyl (C=O) groups is 1. The molecule has 3 rings (SSSR count). The van der Waals surface area contributed by atoms with Crippen LogP contribution in [0.4, 0.5) is 4.79 Å². The van der Waals surface area contributed by atoms with Gasteiger partial charge in [-0.1, -0.05) is 17.7 Å². The van der Waals surface area contributed by atoms with Crippen LogP contribution in [-0.2, 0) is 0 Å². The topological polar surface area (TPSA) is 52.2 Å². The van der Waals surface area contributed by atoms with Crippen molar-refractivity contribution < 1.29 is 4.79 Å². The molecule has 0 aliphatic carbocycles. The zero-order valence-corrected chi connectivity index (χ0v) is 12.8. The van der Waals surface area contributed by atoms with Gasteiger partial charge in [0.15, 0.2) is 0 Å². The number of rotatable bonds is 1. The maximum atomic E-state index is 11.9. The first-order valence-electron chi connectivity index (χ1n) is 6.85. The highest BCUT2D eigenvalue weighted by molar-refractivity contribution is 6.35. The van der Waals surface area contributed by atoms with Gasteiger partial charge < -0.3 is 14.8 Å². The summed E-state index contributed by atoms with van der Waals surface area (Å²) in [5, 5.41) is 1.63.